The Bertz CT molecular complexity index is 147. The summed E-state index contributed by atoms with van der Waals surface area (Å²) in [6.07, 6.45) is -7.11. The van der Waals surface area contributed by atoms with Gasteiger partial charge in [0.2, 0.25) is 0 Å². The summed E-state index contributed by atoms with van der Waals surface area (Å²) in [6.45, 7) is -0.520. The lowest BCUT2D eigenvalue weighted by molar-refractivity contribution is -0.283. The van der Waals surface area contributed by atoms with Gasteiger partial charge in [0.15, 0.2) is 12.5 Å². The SMILES string of the molecule is COC1O[C@H](CO)[C@@H](O)[C@H]([18F])[C@@H]1O. The van der Waals surface area contributed by atoms with Crippen molar-refractivity contribution in [2.75, 3.05) is 13.7 Å². The maximum absolute atomic E-state index is 13.1. The average molecular weight is 195 g/mol. The van der Waals surface area contributed by atoms with E-state index in [1.54, 1.807) is 0 Å². The molecule has 1 aliphatic heterocycles. The van der Waals surface area contributed by atoms with Crippen molar-refractivity contribution in [3.63, 3.8) is 0 Å². The molecule has 0 aromatic rings. The molecule has 0 aliphatic carbocycles. The summed E-state index contributed by atoms with van der Waals surface area (Å²) in [5, 5.41) is 27.0. The molecule has 1 rings (SSSR count). The molecule has 0 spiro atoms. The molecule has 0 radical (unpaired) electrons. The molecule has 3 N–H and O–H groups in total. The maximum Gasteiger partial charge on any atom is 0.186 e. The lowest BCUT2D eigenvalue weighted by Crippen LogP contribution is -2.57. The van der Waals surface area contributed by atoms with Crippen LogP contribution in [0.25, 0.3) is 0 Å². The van der Waals surface area contributed by atoms with Crippen LogP contribution in [0.15, 0.2) is 0 Å². The van der Waals surface area contributed by atoms with Gasteiger partial charge in [-0.3, -0.25) is 0 Å². The third kappa shape index (κ3) is 1.97. The van der Waals surface area contributed by atoms with Crippen molar-refractivity contribution >= 4 is 0 Å². The van der Waals surface area contributed by atoms with E-state index < -0.39 is 37.4 Å². The molecule has 1 aliphatic rings. The smallest absolute Gasteiger partial charge is 0.186 e. The van der Waals surface area contributed by atoms with Gasteiger partial charge in [-0.05, 0) is 0 Å². The first-order valence-electron chi connectivity index (χ1n) is 3.91. The lowest BCUT2D eigenvalue weighted by Gasteiger charge is -2.37. The molecule has 1 fully saturated rings. The number of hydrogen-bond donors (Lipinski definition) is 3. The molecule has 1 saturated heterocycles. The van der Waals surface area contributed by atoms with Gasteiger partial charge in [-0.25, -0.2) is 4.39 Å². The highest BCUT2D eigenvalue weighted by molar-refractivity contribution is 4.88. The van der Waals surface area contributed by atoms with Gasteiger partial charge in [0.05, 0.1) is 6.61 Å². The third-order valence-electron chi connectivity index (χ3n) is 2.03. The molecule has 78 valence electrons. The van der Waals surface area contributed by atoms with E-state index in [1.807, 2.05) is 0 Å². The Labute approximate surface area is 74.7 Å². The van der Waals surface area contributed by atoms with Gasteiger partial charge in [0.1, 0.15) is 18.3 Å². The van der Waals surface area contributed by atoms with E-state index in [4.69, 9.17) is 20.1 Å². The van der Waals surface area contributed by atoms with E-state index >= 15 is 0 Å². The number of alkyl halides is 1. The average Bonchev–Trinajstić information content (AvgIpc) is 2.15. The Morgan fingerprint density at radius 2 is 2.00 bits per heavy atom. The summed E-state index contributed by atoms with van der Waals surface area (Å²) in [4.78, 5) is 0. The van der Waals surface area contributed by atoms with Crippen molar-refractivity contribution in [1.29, 1.82) is 0 Å². The first-order valence-corrected chi connectivity index (χ1v) is 3.91. The second-order valence-corrected chi connectivity index (χ2v) is 2.89. The normalized spacial score (nSPS) is 46.4. The molecule has 0 aromatic heterocycles. The molecule has 5 nitrogen and oxygen atoms in total. The van der Waals surface area contributed by atoms with Crippen LogP contribution in [0.4, 0.5) is 4.39 Å². The molecular weight excluding hydrogens is 182 g/mol. The summed E-state index contributed by atoms with van der Waals surface area (Å²) < 4.78 is 22.6. The van der Waals surface area contributed by atoms with Crippen molar-refractivity contribution in [3.8, 4) is 0 Å². The van der Waals surface area contributed by atoms with Crippen LogP contribution in [0, 0.1) is 0 Å². The van der Waals surface area contributed by atoms with Gasteiger partial charge in [-0.1, -0.05) is 0 Å². The van der Waals surface area contributed by atoms with E-state index in [0.717, 1.165) is 0 Å². The fraction of sp³-hybridized carbons (Fsp3) is 1.00. The van der Waals surface area contributed by atoms with E-state index in [9.17, 15) is 4.39 Å². The van der Waals surface area contributed by atoms with Gasteiger partial charge >= 0.3 is 0 Å². The number of rotatable bonds is 2. The van der Waals surface area contributed by atoms with Crippen LogP contribution in [0.2, 0.25) is 0 Å². The Kier molecular flexibility index (Phi) is 3.57. The summed E-state index contributed by atoms with van der Waals surface area (Å²) in [7, 11) is 1.24. The quantitative estimate of drug-likeness (QED) is 0.495. The van der Waals surface area contributed by atoms with Gasteiger partial charge in [-0.15, -0.1) is 0 Å². The minimum atomic E-state index is -1.86. The first kappa shape index (κ1) is 10.8. The van der Waals surface area contributed by atoms with E-state index in [0.29, 0.717) is 0 Å². The zero-order valence-corrected chi connectivity index (χ0v) is 7.13. The minimum Gasteiger partial charge on any atom is -0.394 e. The molecule has 6 heteroatoms. The molecule has 0 bridgehead atoms. The number of aliphatic hydroxyl groups excluding tert-OH is 3. The molecule has 0 aromatic carbocycles. The second kappa shape index (κ2) is 4.30. The molecule has 1 unspecified atom stereocenters. The van der Waals surface area contributed by atoms with E-state index in [2.05, 4.69) is 4.74 Å². The highest BCUT2D eigenvalue weighted by atomic mass is 18.2. The fourth-order valence-electron chi connectivity index (χ4n) is 1.24. The Hall–Kier alpha value is -0.270. The summed E-state index contributed by atoms with van der Waals surface area (Å²) in [5.41, 5.74) is 0. The van der Waals surface area contributed by atoms with Crippen LogP contribution in [0.3, 0.4) is 0 Å². The fourth-order valence-corrected chi connectivity index (χ4v) is 1.24. The van der Waals surface area contributed by atoms with Crippen molar-refractivity contribution in [3.05, 3.63) is 0 Å². The predicted molar refractivity (Wildman–Crippen MR) is 39.7 cm³/mol. The van der Waals surface area contributed by atoms with Crippen LogP contribution < -0.4 is 0 Å². The van der Waals surface area contributed by atoms with Crippen molar-refractivity contribution in [2.24, 2.45) is 0 Å². The maximum atomic E-state index is 13.1. The Morgan fingerprint density at radius 1 is 1.38 bits per heavy atom. The van der Waals surface area contributed by atoms with Crippen LogP contribution in [0.5, 0.6) is 0 Å². The van der Waals surface area contributed by atoms with Crippen molar-refractivity contribution < 1.29 is 29.2 Å². The number of ether oxygens (including phenoxy) is 2. The predicted octanol–water partition coefficient (Wildman–Crippen LogP) is -1.59. The van der Waals surface area contributed by atoms with E-state index in [-0.39, 0.29) is 0 Å². The Balaban J connectivity index is 2.66. The van der Waals surface area contributed by atoms with Crippen LogP contribution in [0.1, 0.15) is 0 Å². The highest BCUT2D eigenvalue weighted by Crippen LogP contribution is 2.23. The minimum absolute atomic E-state index is 0.520. The largest absolute Gasteiger partial charge is 0.394 e. The van der Waals surface area contributed by atoms with Gasteiger partial charge < -0.3 is 24.8 Å². The molecular formula is C7H13FO5. The lowest BCUT2D eigenvalue weighted by atomic mass is 10.0. The number of methoxy groups -OCH3 is 1. The van der Waals surface area contributed by atoms with Gasteiger partial charge in [-0.2, -0.15) is 0 Å². The zero-order chi connectivity index (χ0) is 10.0. The second-order valence-electron chi connectivity index (χ2n) is 2.89. The number of aliphatic hydroxyl groups is 3. The highest BCUT2D eigenvalue weighted by Gasteiger charge is 2.44. The monoisotopic (exact) mass is 195 g/mol. The summed E-state index contributed by atoms with van der Waals surface area (Å²) >= 11 is 0. The Morgan fingerprint density at radius 3 is 2.46 bits per heavy atom. The van der Waals surface area contributed by atoms with Crippen molar-refractivity contribution in [1.82, 2.24) is 0 Å². The number of hydrogen-bond acceptors (Lipinski definition) is 5. The standard InChI is InChI=1S/C7H13FO5/c1-12-7-6(11)4(8)5(10)3(2-9)13-7/h3-7,9-11H,2H2,1H3/t3-,4+,5-,6+,7?/m1/s1/i8-1. The molecule has 0 saturated carbocycles. The topological polar surface area (TPSA) is 79.2 Å². The van der Waals surface area contributed by atoms with Crippen LogP contribution in [-0.2, 0) is 9.47 Å². The summed E-state index contributed by atoms with van der Waals surface area (Å²) in [5.74, 6) is 0. The molecule has 13 heavy (non-hydrogen) atoms. The molecule has 1 heterocycles. The number of halogens is 1. The van der Waals surface area contributed by atoms with Gasteiger partial charge in [0, 0.05) is 7.11 Å². The zero-order valence-electron chi connectivity index (χ0n) is 7.13. The van der Waals surface area contributed by atoms with Crippen LogP contribution >= 0.6 is 0 Å². The molecule has 0 amide bonds. The molecule has 5 atom stereocenters. The third-order valence-corrected chi connectivity index (χ3v) is 2.03. The van der Waals surface area contributed by atoms with E-state index in [1.165, 1.54) is 7.11 Å². The first-order chi connectivity index (χ1) is 6.11. The summed E-state index contributed by atoms with van der Waals surface area (Å²) in [6, 6.07) is 0. The van der Waals surface area contributed by atoms with Gasteiger partial charge in [0.25, 0.3) is 0 Å². The van der Waals surface area contributed by atoms with Crippen LogP contribution in [-0.4, -0.2) is 59.8 Å². The van der Waals surface area contributed by atoms with Crippen molar-refractivity contribution in [2.45, 2.75) is 30.8 Å².